The van der Waals surface area contributed by atoms with E-state index >= 15 is 0 Å². The van der Waals surface area contributed by atoms with Gasteiger partial charge in [-0.2, -0.15) is 0 Å². The summed E-state index contributed by atoms with van der Waals surface area (Å²) in [5.74, 6) is 1.49. The quantitative estimate of drug-likeness (QED) is 0.888. The van der Waals surface area contributed by atoms with Crippen LogP contribution >= 0.6 is 0 Å². The van der Waals surface area contributed by atoms with E-state index in [1.165, 1.54) is 11.1 Å². The first-order valence-corrected chi connectivity index (χ1v) is 8.04. The molecule has 3 aliphatic rings. The van der Waals surface area contributed by atoms with Gasteiger partial charge in [-0.15, -0.1) is 0 Å². The molecule has 2 aromatic rings. The van der Waals surface area contributed by atoms with Crippen molar-refractivity contribution < 1.29 is 19.7 Å². The molecule has 5 rings (SSSR count). The lowest BCUT2D eigenvalue weighted by molar-refractivity contribution is 0.226. The lowest BCUT2D eigenvalue weighted by Crippen LogP contribution is -2.33. The predicted octanol–water partition coefficient (Wildman–Crippen LogP) is 2.79. The maximum absolute atomic E-state index is 10.2. The third kappa shape index (κ3) is 2.04. The second-order valence-electron chi connectivity index (χ2n) is 6.59. The summed E-state index contributed by atoms with van der Waals surface area (Å²) in [6, 6.07) is 7.70. The maximum Gasteiger partial charge on any atom is 0.160 e. The van der Waals surface area contributed by atoms with Gasteiger partial charge in [-0.3, -0.25) is 4.90 Å². The molecule has 0 aromatic heterocycles. The molecule has 126 valence electrons. The van der Waals surface area contributed by atoms with Crippen molar-refractivity contribution in [3.63, 3.8) is 0 Å². The minimum absolute atomic E-state index is 0.155. The van der Waals surface area contributed by atoms with Crippen molar-refractivity contribution >= 4 is 0 Å². The zero-order chi connectivity index (χ0) is 17.0. The molecular formula is C19H21NO4. The monoisotopic (exact) mass is 327 g/mol. The van der Waals surface area contributed by atoms with Gasteiger partial charge in [0, 0.05) is 18.5 Å². The van der Waals surface area contributed by atoms with E-state index in [0.29, 0.717) is 11.5 Å². The van der Waals surface area contributed by atoms with E-state index in [1.807, 2.05) is 24.3 Å². The van der Waals surface area contributed by atoms with Crippen molar-refractivity contribution in [1.82, 2.24) is 4.90 Å². The van der Waals surface area contributed by atoms with Gasteiger partial charge in [-0.25, -0.2) is 0 Å². The van der Waals surface area contributed by atoms with E-state index in [-0.39, 0.29) is 23.5 Å². The van der Waals surface area contributed by atoms with Gasteiger partial charge in [0.25, 0.3) is 0 Å². The summed E-state index contributed by atoms with van der Waals surface area (Å²) in [6.07, 6.45) is 0.790. The molecule has 0 spiro atoms. The number of hydrogen-bond donors (Lipinski definition) is 2. The lowest BCUT2D eigenvalue weighted by Gasteiger charge is -2.36. The van der Waals surface area contributed by atoms with Crippen molar-refractivity contribution in [3.05, 3.63) is 46.5 Å². The number of likely N-dealkylation sites (N-methyl/N-ethyl adjacent to an activating group) is 1. The Bertz CT molecular complexity index is 817. The van der Waals surface area contributed by atoms with Crippen LogP contribution in [0.15, 0.2) is 24.3 Å². The van der Waals surface area contributed by atoms with Gasteiger partial charge in [-0.05, 0) is 60.0 Å². The van der Waals surface area contributed by atoms with E-state index in [0.717, 1.165) is 24.1 Å². The molecule has 0 saturated carbocycles. The SMILES string of the molecule is COc1cc2c(cc1O)C[C@@H]1c3cc(O)c(OC)cc3[C@@H]2CN1C. The summed E-state index contributed by atoms with van der Waals surface area (Å²) in [5, 5.41) is 20.4. The Hall–Kier alpha value is -2.40. The number of phenolic OH excluding ortho intramolecular Hbond substituents is 2. The first-order chi connectivity index (χ1) is 11.5. The number of hydrogen-bond acceptors (Lipinski definition) is 5. The van der Waals surface area contributed by atoms with Gasteiger partial charge in [0.15, 0.2) is 23.0 Å². The van der Waals surface area contributed by atoms with Crippen LogP contribution in [0.1, 0.15) is 34.2 Å². The highest BCUT2D eigenvalue weighted by Gasteiger charge is 2.38. The Kier molecular flexibility index (Phi) is 3.35. The molecule has 0 unspecified atom stereocenters. The average Bonchev–Trinajstić information content (AvgIpc) is 2.77. The van der Waals surface area contributed by atoms with Crippen molar-refractivity contribution in [1.29, 1.82) is 0 Å². The van der Waals surface area contributed by atoms with Crippen molar-refractivity contribution in [2.45, 2.75) is 18.4 Å². The molecule has 2 heterocycles. The molecule has 0 radical (unpaired) electrons. The second-order valence-corrected chi connectivity index (χ2v) is 6.59. The van der Waals surface area contributed by atoms with Crippen LogP contribution in [0, 0.1) is 0 Å². The third-order valence-electron chi connectivity index (χ3n) is 5.35. The fourth-order valence-corrected chi connectivity index (χ4v) is 4.14. The van der Waals surface area contributed by atoms with Crippen LogP contribution in [0.25, 0.3) is 0 Å². The number of rotatable bonds is 2. The number of aromatic hydroxyl groups is 2. The van der Waals surface area contributed by atoms with Crippen LogP contribution in [0.3, 0.4) is 0 Å². The largest absolute Gasteiger partial charge is 0.504 e. The highest BCUT2D eigenvalue weighted by molar-refractivity contribution is 5.58. The number of ether oxygens (including phenoxy) is 2. The Morgan fingerprint density at radius 1 is 0.917 bits per heavy atom. The van der Waals surface area contributed by atoms with Gasteiger partial charge in [-0.1, -0.05) is 0 Å². The van der Waals surface area contributed by atoms with Crippen molar-refractivity contribution in [2.75, 3.05) is 27.8 Å². The summed E-state index contributed by atoms with van der Waals surface area (Å²) in [7, 11) is 5.24. The van der Waals surface area contributed by atoms with Gasteiger partial charge < -0.3 is 19.7 Å². The number of nitrogens with zero attached hydrogens (tertiary/aromatic N) is 1. The molecule has 0 saturated heterocycles. The minimum atomic E-state index is 0.155. The maximum atomic E-state index is 10.2. The highest BCUT2D eigenvalue weighted by Crippen LogP contribution is 2.50. The number of fused-ring (bicyclic) bond motifs is 1. The summed E-state index contributed by atoms with van der Waals surface area (Å²) in [4.78, 5) is 2.31. The van der Waals surface area contributed by atoms with E-state index in [1.54, 1.807) is 14.2 Å². The van der Waals surface area contributed by atoms with Crippen molar-refractivity contribution in [3.8, 4) is 23.0 Å². The first kappa shape index (κ1) is 15.1. The van der Waals surface area contributed by atoms with Crippen LogP contribution in [-0.2, 0) is 6.42 Å². The standard InChI is InChI=1S/C19H21NO4/c1-20-9-14-11-7-18(23-2)16(21)5-10(11)4-15(20)13-6-17(22)19(24-3)8-12(13)14/h5-8,14-15,21-22H,4,9H2,1-3H3/t14-,15-/m1/s1. The van der Waals surface area contributed by atoms with Crippen molar-refractivity contribution in [2.24, 2.45) is 0 Å². The zero-order valence-corrected chi connectivity index (χ0v) is 14.0. The molecular weight excluding hydrogens is 306 g/mol. The molecule has 2 N–H and O–H groups in total. The topological polar surface area (TPSA) is 62.2 Å². The third-order valence-corrected chi connectivity index (χ3v) is 5.35. The zero-order valence-electron chi connectivity index (χ0n) is 14.0. The van der Waals surface area contributed by atoms with E-state index < -0.39 is 0 Å². The Labute approximate surface area is 141 Å². The molecule has 0 amide bonds. The highest BCUT2D eigenvalue weighted by atomic mass is 16.5. The molecule has 5 nitrogen and oxygen atoms in total. The summed E-state index contributed by atoms with van der Waals surface area (Å²) in [6.45, 7) is 0.881. The second kappa shape index (κ2) is 5.31. The molecule has 2 bridgehead atoms. The van der Waals surface area contributed by atoms with Crippen LogP contribution in [0.5, 0.6) is 23.0 Å². The van der Waals surface area contributed by atoms with Gasteiger partial charge in [0.05, 0.1) is 14.2 Å². The first-order valence-electron chi connectivity index (χ1n) is 8.04. The van der Waals surface area contributed by atoms with Crippen LogP contribution in [-0.4, -0.2) is 42.9 Å². The van der Waals surface area contributed by atoms with Gasteiger partial charge in [0.1, 0.15) is 0 Å². The molecule has 1 aliphatic carbocycles. The molecule has 2 atom stereocenters. The predicted molar refractivity (Wildman–Crippen MR) is 90.2 cm³/mol. The average molecular weight is 327 g/mol. The van der Waals surface area contributed by atoms with Crippen LogP contribution in [0.4, 0.5) is 0 Å². The number of phenols is 2. The summed E-state index contributed by atoms with van der Waals surface area (Å²) >= 11 is 0. The van der Waals surface area contributed by atoms with Crippen LogP contribution in [0.2, 0.25) is 0 Å². The minimum Gasteiger partial charge on any atom is -0.504 e. The fraction of sp³-hybridized carbons (Fsp3) is 0.368. The summed E-state index contributed by atoms with van der Waals surface area (Å²) < 4.78 is 10.6. The van der Waals surface area contributed by atoms with Gasteiger partial charge >= 0.3 is 0 Å². The van der Waals surface area contributed by atoms with E-state index in [2.05, 4.69) is 11.9 Å². The normalized spacial score (nSPS) is 21.8. The smallest absolute Gasteiger partial charge is 0.160 e. The summed E-state index contributed by atoms with van der Waals surface area (Å²) in [5.41, 5.74) is 4.61. The molecule has 2 aliphatic heterocycles. The van der Waals surface area contributed by atoms with Crippen LogP contribution < -0.4 is 9.47 Å². The van der Waals surface area contributed by atoms with E-state index in [4.69, 9.17) is 9.47 Å². The molecule has 2 aromatic carbocycles. The Balaban J connectivity index is 1.96. The molecule has 0 fully saturated rings. The fourth-order valence-electron chi connectivity index (χ4n) is 4.14. The lowest BCUT2D eigenvalue weighted by atomic mass is 9.84. The molecule has 5 heteroatoms. The van der Waals surface area contributed by atoms with E-state index in [9.17, 15) is 10.2 Å². The number of benzene rings is 2. The number of methoxy groups -OCH3 is 2. The Morgan fingerprint density at radius 3 is 2.21 bits per heavy atom. The van der Waals surface area contributed by atoms with Gasteiger partial charge in [0.2, 0.25) is 0 Å². The Morgan fingerprint density at radius 2 is 1.54 bits per heavy atom. The molecule has 24 heavy (non-hydrogen) atoms.